The number of aromatic nitrogens is 2. The summed E-state index contributed by atoms with van der Waals surface area (Å²) in [7, 11) is 2.09. The molecule has 0 saturated heterocycles. The van der Waals surface area contributed by atoms with Gasteiger partial charge >= 0.3 is 5.97 Å². The molecule has 0 aliphatic carbocycles. The number of fused-ring (bicyclic) bond motifs is 5. The Morgan fingerprint density at radius 2 is 2.00 bits per heavy atom. The zero-order valence-corrected chi connectivity index (χ0v) is 14.0. The third-order valence-corrected chi connectivity index (χ3v) is 4.54. The molecule has 0 aliphatic heterocycles. The minimum Gasteiger partial charge on any atom is -0.461 e. The maximum Gasteiger partial charge on any atom is 0.356 e. The van der Waals surface area contributed by atoms with Gasteiger partial charge in [-0.25, -0.2) is 9.78 Å². The number of carbonyl (C=O) groups is 1. The van der Waals surface area contributed by atoms with Crippen molar-refractivity contribution in [3.05, 3.63) is 53.9 Å². The number of hydrogen-bond donors (Lipinski definition) is 0. The highest BCUT2D eigenvalue weighted by Gasteiger charge is 2.16. The van der Waals surface area contributed by atoms with Gasteiger partial charge in [-0.05, 0) is 43.0 Å². The van der Waals surface area contributed by atoms with E-state index in [1.165, 1.54) is 27.4 Å². The summed E-state index contributed by atoms with van der Waals surface area (Å²) < 4.78 is 7.28. The molecule has 0 aliphatic rings. The SMILES string of the molecule is CCOC(=O)c1cc2cc(C)c3c(c2cn1)c1ccccc1n3C. The summed E-state index contributed by atoms with van der Waals surface area (Å²) in [6.07, 6.45) is 1.79. The fraction of sp³-hybridized carbons (Fsp3) is 0.200. The Morgan fingerprint density at radius 1 is 1.21 bits per heavy atom. The van der Waals surface area contributed by atoms with E-state index in [-0.39, 0.29) is 5.97 Å². The van der Waals surface area contributed by atoms with E-state index in [1.807, 2.05) is 6.07 Å². The standard InChI is InChI=1S/C20H18N2O2/c1-4-24-20(23)16-10-13-9-12(2)19-18(15(13)11-21-16)14-7-5-6-8-17(14)22(19)3/h5-11H,4H2,1-3H3. The van der Waals surface area contributed by atoms with Gasteiger partial charge < -0.3 is 9.30 Å². The second-order valence-corrected chi connectivity index (χ2v) is 6.00. The lowest BCUT2D eigenvalue weighted by Crippen LogP contribution is -2.06. The predicted octanol–water partition coefficient (Wildman–Crippen LogP) is 4.36. The average molecular weight is 318 g/mol. The van der Waals surface area contributed by atoms with Crippen molar-refractivity contribution in [1.82, 2.24) is 9.55 Å². The first-order valence-electron chi connectivity index (χ1n) is 8.05. The molecule has 0 radical (unpaired) electrons. The van der Waals surface area contributed by atoms with Gasteiger partial charge in [0.05, 0.1) is 12.1 Å². The van der Waals surface area contributed by atoms with Crippen LogP contribution in [0.25, 0.3) is 32.6 Å². The summed E-state index contributed by atoms with van der Waals surface area (Å²) in [5.41, 5.74) is 3.92. The Hall–Kier alpha value is -2.88. The Bertz CT molecular complexity index is 1110. The van der Waals surface area contributed by atoms with Crippen molar-refractivity contribution >= 4 is 38.5 Å². The van der Waals surface area contributed by atoms with Crippen LogP contribution in [-0.4, -0.2) is 22.1 Å². The molecule has 0 fully saturated rings. The molecule has 4 nitrogen and oxygen atoms in total. The van der Waals surface area contributed by atoms with Crippen LogP contribution in [0.2, 0.25) is 0 Å². The molecule has 2 aromatic heterocycles. The molecule has 4 rings (SSSR count). The summed E-state index contributed by atoms with van der Waals surface area (Å²) >= 11 is 0. The smallest absolute Gasteiger partial charge is 0.356 e. The van der Waals surface area contributed by atoms with Crippen LogP contribution in [0.3, 0.4) is 0 Å². The number of ether oxygens (including phenoxy) is 1. The molecule has 0 spiro atoms. The number of pyridine rings is 1. The molecule has 4 heteroatoms. The summed E-state index contributed by atoms with van der Waals surface area (Å²) in [6.45, 7) is 4.24. The monoisotopic (exact) mass is 318 g/mol. The highest BCUT2D eigenvalue weighted by atomic mass is 16.5. The largest absolute Gasteiger partial charge is 0.461 e. The molecule has 4 aromatic rings. The van der Waals surface area contributed by atoms with Crippen molar-refractivity contribution in [3.8, 4) is 0 Å². The van der Waals surface area contributed by atoms with E-state index in [9.17, 15) is 4.79 Å². The van der Waals surface area contributed by atoms with Crippen LogP contribution in [-0.2, 0) is 11.8 Å². The van der Waals surface area contributed by atoms with Gasteiger partial charge in [-0.2, -0.15) is 0 Å². The van der Waals surface area contributed by atoms with Crippen molar-refractivity contribution in [2.24, 2.45) is 7.05 Å². The molecule has 0 bridgehead atoms. The fourth-order valence-corrected chi connectivity index (χ4v) is 3.55. The fourth-order valence-electron chi connectivity index (χ4n) is 3.55. The highest BCUT2D eigenvalue weighted by molar-refractivity contribution is 6.21. The zero-order valence-electron chi connectivity index (χ0n) is 14.0. The molecule has 0 unspecified atom stereocenters. The lowest BCUT2D eigenvalue weighted by atomic mass is 10.0. The van der Waals surface area contributed by atoms with Gasteiger partial charge in [0.15, 0.2) is 0 Å². The van der Waals surface area contributed by atoms with Gasteiger partial charge in [0.1, 0.15) is 5.69 Å². The van der Waals surface area contributed by atoms with Gasteiger partial charge in [-0.3, -0.25) is 0 Å². The maximum atomic E-state index is 12.0. The van der Waals surface area contributed by atoms with E-state index in [0.29, 0.717) is 12.3 Å². The van der Waals surface area contributed by atoms with Crippen LogP contribution in [0.4, 0.5) is 0 Å². The van der Waals surface area contributed by atoms with E-state index >= 15 is 0 Å². The number of nitrogens with zero attached hydrogens (tertiary/aromatic N) is 2. The van der Waals surface area contributed by atoms with E-state index in [1.54, 1.807) is 13.1 Å². The Kier molecular flexibility index (Phi) is 3.27. The average Bonchev–Trinajstić information content (AvgIpc) is 2.89. The van der Waals surface area contributed by atoms with Crippen LogP contribution in [0.5, 0.6) is 0 Å². The Labute approximate surface area is 139 Å². The van der Waals surface area contributed by atoms with Gasteiger partial charge in [0.25, 0.3) is 0 Å². The topological polar surface area (TPSA) is 44.1 Å². The lowest BCUT2D eigenvalue weighted by molar-refractivity contribution is 0.0519. The minimum atomic E-state index is -0.380. The molecule has 2 heterocycles. The predicted molar refractivity (Wildman–Crippen MR) is 96.4 cm³/mol. The van der Waals surface area contributed by atoms with Crippen LogP contribution in [0.1, 0.15) is 23.0 Å². The van der Waals surface area contributed by atoms with Crippen LogP contribution in [0.15, 0.2) is 42.6 Å². The molecule has 2 aromatic carbocycles. The van der Waals surface area contributed by atoms with Crippen LogP contribution < -0.4 is 0 Å². The Balaban J connectivity index is 2.11. The second-order valence-electron chi connectivity index (χ2n) is 6.00. The third kappa shape index (κ3) is 1.99. The summed E-state index contributed by atoms with van der Waals surface area (Å²) in [4.78, 5) is 16.3. The molecule has 0 atom stereocenters. The molecule has 0 amide bonds. The normalized spacial score (nSPS) is 11.5. The van der Waals surface area contributed by atoms with Crippen LogP contribution >= 0.6 is 0 Å². The van der Waals surface area contributed by atoms with E-state index < -0.39 is 0 Å². The second kappa shape index (κ2) is 5.34. The third-order valence-electron chi connectivity index (χ3n) is 4.54. The van der Waals surface area contributed by atoms with Crippen molar-refractivity contribution in [2.45, 2.75) is 13.8 Å². The first-order valence-corrected chi connectivity index (χ1v) is 8.05. The summed E-state index contributed by atoms with van der Waals surface area (Å²) in [5.74, 6) is -0.380. The van der Waals surface area contributed by atoms with Gasteiger partial charge in [-0.15, -0.1) is 0 Å². The molecular formula is C20H18N2O2. The number of esters is 1. The number of para-hydroxylation sites is 1. The van der Waals surface area contributed by atoms with E-state index in [4.69, 9.17) is 4.74 Å². The van der Waals surface area contributed by atoms with Crippen molar-refractivity contribution in [1.29, 1.82) is 0 Å². The van der Waals surface area contributed by atoms with Gasteiger partial charge in [0.2, 0.25) is 0 Å². The lowest BCUT2D eigenvalue weighted by Gasteiger charge is -2.07. The number of rotatable bonds is 2. The maximum absolute atomic E-state index is 12.0. The number of carbonyl (C=O) groups excluding carboxylic acids is 1. The summed E-state index contributed by atoms with van der Waals surface area (Å²) in [5, 5.41) is 4.45. The van der Waals surface area contributed by atoms with Crippen molar-refractivity contribution < 1.29 is 9.53 Å². The first-order chi connectivity index (χ1) is 11.6. The molecule has 0 N–H and O–H groups in total. The molecule has 0 saturated carbocycles. The Morgan fingerprint density at radius 3 is 2.79 bits per heavy atom. The van der Waals surface area contributed by atoms with E-state index in [0.717, 1.165) is 10.8 Å². The molecular weight excluding hydrogens is 300 g/mol. The molecule has 120 valence electrons. The number of benzene rings is 2. The minimum absolute atomic E-state index is 0.347. The van der Waals surface area contributed by atoms with Gasteiger partial charge in [0, 0.05) is 34.9 Å². The van der Waals surface area contributed by atoms with Crippen molar-refractivity contribution in [3.63, 3.8) is 0 Å². The summed E-state index contributed by atoms with van der Waals surface area (Å²) in [6, 6.07) is 12.3. The number of aryl methyl sites for hydroxylation is 2. The van der Waals surface area contributed by atoms with Gasteiger partial charge in [-0.1, -0.05) is 18.2 Å². The zero-order chi connectivity index (χ0) is 16.8. The van der Waals surface area contributed by atoms with E-state index in [2.05, 4.69) is 53.9 Å². The van der Waals surface area contributed by atoms with Crippen molar-refractivity contribution in [2.75, 3.05) is 6.61 Å². The highest BCUT2D eigenvalue weighted by Crippen LogP contribution is 2.36. The molecule has 24 heavy (non-hydrogen) atoms. The number of hydrogen-bond acceptors (Lipinski definition) is 3. The van der Waals surface area contributed by atoms with Crippen LogP contribution in [0, 0.1) is 6.92 Å². The first kappa shape index (κ1) is 14.7. The quantitative estimate of drug-likeness (QED) is 0.516.